The molecule has 0 aliphatic heterocycles. The van der Waals surface area contributed by atoms with Crippen LogP contribution in [0.4, 0.5) is 0 Å². The Morgan fingerprint density at radius 2 is 1.21 bits per heavy atom. The van der Waals surface area contributed by atoms with E-state index in [4.69, 9.17) is 0 Å². The van der Waals surface area contributed by atoms with Crippen LogP contribution in [0.5, 0.6) is 0 Å². The molecule has 4 heterocycles. The van der Waals surface area contributed by atoms with E-state index in [1.165, 1.54) is 68.1 Å². The van der Waals surface area contributed by atoms with Crippen molar-refractivity contribution in [2.24, 2.45) is 0 Å². The Balaban J connectivity index is 1.31. The third-order valence-corrected chi connectivity index (χ3v) is 10.1. The predicted octanol–water partition coefficient (Wildman–Crippen LogP) is 9.80. The number of hydrogen-bond acceptors (Lipinski definition) is 6. The van der Waals surface area contributed by atoms with Crippen molar-refractivity contribution in [1.29, 1.82) is 0 Å². The molecule has 0 spiro atoms. The molecule has 0 saturated heterocycles. The summed E-state index contributed by atoms with van der Waals surface area (Å²) in [6.07, 6.45) is 0. The smallest absolute Gasteiger partial charge is 0.114 e. The fourth-order valence-electron chi connectivity index (χ4n) is 4.52. The van der Waals surface area contributed by atoms with Crippen molar-refractivity contribution < 1.29 is 0 Å². The monoisotopic (exact) mass is 510 g/mol. The molecule has 0 radical (unpaired) electrons. The number of benzene rings is 3. The number of fused-ring (bicyclic) bond motifs is 4. The molecule has 2 nitrogen and oxygen atoms in total. The quantitative estimate of drug-likeness (QED) is 0.236. The highest BCUT2D eigenvalue weighted by atomic mass is 32.1. The van der Waals surface area contributed by atoms with Crippen LogP contribution in [0.15, 0.2) is 72.8 Å². The van der Waals surface area contributed by atoms with Gasteiger partial charge < -0.3 is 0 Å². The van der Waals surface area contributed by atoms with Crippen molar-refractivity contribution in [2.75, 3.05) is 0 Å². The molecule has 164 valence electrons. The van der Waals surface area contributed by atoms with Crippen LogP contribution in [-0.4, -0.2) is 8.75 Å². The van der Waals surface area contributed by atoms with Crippen LogP contribution in [0.1, 0.15) is 10.4 Å². The van der Waals surface area contributed by atoms with Gasteiger partial charge in [-0.15, -0.1) is 34.0 Å². The summed E-state index contributed by atoms with van der Waals surface area (Å²) in [5, 5.41) is 2.69. The third-order valence-electron chi connectivity index (χ3n) is 6.21. The van der Waals surface area contributed by atoms with Gasteiger partial charge in [0, 0.05) is 50.8 Å². The van der Waals surface area contributed by atoms with Gasteiger partial charge >= 0.3 is 0 Å². The summed E-state index contributed by atoms with van der Waals surface area (Å²) in [5.74, 6) is 0. The molecule has 4 aromatic heterocycles. The van der Waals surface area contributed by atoms with E-state index in [1.54, 1.807) is 11.3 Å². The fourth-order valence-corrected chi connectivity index (χ4v) is 8.26. The predicted molar refractivity (Wildman–Crippen MR) is 152 cm³/mol. The van der Waals surface area contributed by atoms with Gasteiger partial charge in [-0.3, -0.25) is 0 Å². The number of thiophene rings is 3. The second-order valence-electron chi connectivity index (χ2n) is 8.51. The first-order valence-corrected chi connectivity index (χ1v) is 14.2. The van der Waals surface area contributed by atoms with Crippen LogP contribution in [0.25, 0.3) is 62.5 Å². The Morgan fingerprint density at radius 1 is 0.559 bits per heavy atom. The Labute approximate surface area is 213 Å². The highest BCUT2D eigenvalue weighted by Gasteiger charge is 2.16. The molecule has 0 bridgehead atoms. The average Bonchev–Trinajstić information content (AvgIpc) is 3.62. The van der Waals surface area contributed by atoms with Gasteiger partial charge in [-0.2, -0.15) is 8.75 Å². The van der Waals surface area contributed by atoms with Crippen LogP contribution in [0.2, 0.25) is 0 Å². The van der Waals surface area contributed by atoms with Gasteiger partial charge in [0.15, 0.2) is 0 Å². The Bertz CT molecular complexity index is 1850. The van der Waals surface area contributed by atoms with Gasteiger partial charge in [-0.25, -0.2) is 0 Å². The van der Waals surface area contributed by atoms with Gasteiger partial charge in [0.2, 0.25) is 0 Å². The summed E-state index contributed by atoms with van der Waals surface area (Å²) in [6.45, 7) is 4.30. The normalized spacial score (nSPS) is 11.8. The lowest BCUT2D eigenvalue weighted by Crippen LogP contribution is -1.81. The Hall–Kier alpha value is -2.90. The van der Waals surface area contributed by atoms with Crippen molar-refractivity contribution in [3.63, 3.8) is 0 Å². The van der Waals surface area contributed by atoms with E-state index in [1.807, 2.05) is 22.7 Å². The number of rotatable bonds is 3. The standard InChI is InChI=1S/C28H18N2S4/c1-15-3-6-18-19-7-5-17(14-26(19)33-25(18)13-15)22-11-12-24(32-22)21-9-8-20(23-10-4-16(2)31-23)27-28(21)30-34-29-27/h3-14H,1-2H3. The molecule has 34 heavy (non-hydrogen) atoms. The zero-order valence-corrected chi connectivity index (χ0v) is 21.7. The van der Waals surface area contributed by atoms with Crippen molar-refractivity contribution >= 4 is 76.9 Å². The minimum absolute atomic E-state index is 0.997. The first kappa shape index (κ1) is 20.5. The molecule has 0 atom stereocenters. The zero-order chi connectivity index (χ0) is 22.8. The number of aromatic nitrogens is 2. The van der Waals surface area contributed by atoms with E-state index in [9.17, 15) is 0 Å². The van der Waals surface area contributed by atoms with Gasteiger partial charge in [-0.1, -0.05) is 36.4 Å². The summed E-state index contributed by atoms with van der Waals surface area (Å²) in [5.41, 5.74) is 6.91. The highest BCUT2D eigenvalue weighted by Crippen LogP contribution is 2.42. The largest absolute Gasteiger partial charge is 0.172 e. The maximum Gasteiger partial charge on any atom is 0.114 e. The van der Waals surface area contributed by atoms with Crippen molar-refractivity contribution in [3.8, 4) is 31.3 Å². The highest BCUT2D eigenvalue weighted by molar-refractivity contribution is 7.26. The fraction of sp³-hybridized carbons (Fsp3) is 0.0714. The molecule has 0 saturated carbocycles. The second kappa shape index (κ2) is 7.82. The van der Waals surface area contributed by atoms with E-state index in [-0.39, 0.29) is 0 Å². The molecule has 7 aromatic rings. The molecule has 0 unspecified atom stereocenters. The lowest BCUT2D eigenvalue weighted by molar-refractivity contribution is 1.52. The van der Waals surface area contributed by atoms with Crippen molar-refractivity contribution in [2.45, 2.75) is 13.8 Å². The van der Waals surface area contributed by atoms with Crippen LogP contribution >= 0.6 is 45.7 Å². The summed E-state index contributed by atoms with van der Waals surface area (Å²) in [4.78, 5) is 5.07. The topological polar surface area (TPSA) is 25.8 Å². The van der Waals surface area contributed by atoms with Gasteiger partial charge in [0.1, 0.15) is 11.0 Å². The van der Waals surface area contributed by atoms with Gasteiger partial charge in [0.05, 0.1) is 11.7 Å². The molecule has 0 aliphatic carbocycles. The SMILES string of the molecule is Cc1ccc2c(c1)sc1cc(-c3ccc(-c4ccc(-c5ccc(C)s5)c5nsnc45)s3)ccc12. The second-order valence-corrected chi connectivity index (χ2v) is 12.5. The maximum atomic E-state index is 4.69. The molecule has 7 rings (SSSR count). The molecule has 0 fully saturated rings. The van der Waals surface area contributed by atoms with Crippen LogP contribution < -0.4 is 0 Å². The van der Waals surface area contributed by atoms with Crippen LogP contribution in [0, 0.1) is 13.8 Å². The molecule has 0 aliphatic rings. The van der Waals surface area contributed by atoms with Gasteiger partial charge in [0.25, 0.3) is 0 Å². The molecular formula is C28H18N2S4. The van der Waals surface area contributed by atoms with E-state index < -0.39 is 0 Å². The Kier molecular flexibility index (Phi) is 4.71. The van der Waals surface area contributed by atoms with Crippen LogP contribution in [-0.2, 0) is 0 Å². The lowest BCUT2D eigenvalue weighted by Gasteiger charge is -2.03. The molecule has 6 heteroatoms. The van der Waals surface area contributed by atoms with Gasteiger partial charge in [-0.05, 0) is 61.4 Å². The first-order valence-electron chi connectivity index (χ1n) is 11.0. The summed E-state index contributed by atoms with van der Waals surface area (Å²) < 4.78 is 12.0. The summed E-state index contributed by atoms with van der Waals surface area (Å²) >= 11 is 6.81. The Morgan fingerprint density at radius 3 is 1.94 bits per heavy atom. The zero-order valence-electron chi connectivity index (χ0n) is 18.5. The molecule has 0 N–H and O–H groups in total. The molecule has 0 amide bonds. The summed E-state index contributed by atoms with van der Waals surface area (Å²) in [6, 6.07) is 26.8. The minimum atomic E-state index is 0.997. The van der Waals surface area contributed by atoms with Crippen molar-refractivity contribution in [1.82, 2.24) is 8.75 Å². The third kappa shape index (κ3) is 3.25. The van der Waals surface area contributed by atoms with E-state index >= 15 is 0 Å². The number of hydrogen-bond donors (Lipinski definition) is 0. The first-order chi connectivity index (χ1) is 16.6. The minimum Gasteiger partial charge on any atom is -0.172 e. The van der Waals surface area contributed by atoms with Crippen molar-refractivity contribution in [3.05, 3.63) is 83.2 Å². The summed E-state index contributed by atoms with van der Waals surface area (Å²) in [7, 11) is 0. The van der Waals surface area contributed by atoms with E-state index in [0.29, 0.717) is 0 Å². The number of nitrogens with zero attached hydrogens (tertiary/aromatic N) is 2. The van der Waals surface area contributed by atoms with E-state index in [0.717, 1.165) is 16.6 Å². The lowest BCUT2D eigenvalue weighted by atomic mass is 10.1. The average molecular weight is 511 g/mol. The molecule has 3 aromatic carbocycles. The maximum absolute atomic E-state index is 4.69. The van der Waals surface area contributed by atoms with E-state index in [2.05, 4.69) is 95.4 Å². The van der Waals surface area contributed by atoms with Crippen LogP contribution in [0.3, 0.4) is 0 Å². The molecular weight excluding hydrogens is 493 g/mol. The number of aryl methyl sites for hydroxylation is 2.